The fourth-order valence-corrected chi connectivity index (χ4v) is 1.96. The molecule has 1 aromatic rings. The number of ether oxygens (including phenoxy) is 1. The van der Waals surface area contributed by atoms with Gasteiger partial charge in [-0.1, -0.05) is 23.7 Å². The Morgan fingerprint density at radius 2 is 2.05 bits per heavy atom. The number of rotatable bonds is 8. The molecule has 21 heavy (non-hydrogen) atoms. The van der Waals surface area contributed by atoms with Gasteiger partial charge >= 0.3 is 6.09 Å². The molecule has 116 valence electrons. The number of halogens is 1. The average Bonchev–Trinajstić information content (AvgIpc) is 2.44. The van der Waals surface area contributed by atoms with Crippen molar-refractivity contribution in [2.45, 2.75) is 26.2 Å². The first-order valence-corrected chi connectivity index (χ1v) is 7.41. The Hall–Kier alpha value is -1.75. The standard InChI is InChI=1S/C15H21ClN2O3/c1-2-21-15(20)18-9-4-7-14(19)17-10-8-12-5-3-6-13(16)11-12/h3,5-6,11H,2,4,7-10H2,1H3,(H,17,19)(H,18,20). The molecule has 0 fully saturated rings. The lowest BCUT2D eigenvalue weighted by atomic mass is 10.1. The summed E-state index contributed by atoms with van der Waals surface area (Å²) in [6, 6.07) is 7.57. The summed E-state index contributed by atoms with van der Waals surface area (Å²) in [4.78, 5) is 22.6. The molecule has 0 spiro atoms. The van der Waals surface area contributed by atoms with Crippen molar-refractivity contribution < 1.29 is 14.3 Å². The van der Waals surface area contributed by atoms with Crippen molar-refractivity contribution in [1.29, 1.82) is 0 Å². The van der Waals surface area contributed by atoms with Crippen LogP contribution in [-0.4, -0.2) is 31.7 Å². The smallest absolute Gasteiger partial charge is 0.407 e. The molecule has 6 heteroatoms. The van der Waals surface area contributed by atoms with Crippen LogP contribution in [0, 0.1) is 0 Å². The number of benzene rings is 1. The normalized spacial score (nSPS) is 10.0. The maximum atomic E-state index is 11.6. The van der Waals surface area contributed by atoms with Gasteiger partial charge in [-0.25, -0.2) is 4.79 Å². The Labute approximate surface area is 130 Å². The minimum atomic E-state index is -0.445. The number of amides is 2. The zero-order chi connectivity index (χ0) is 15.5. The molecule has 1 rings (SSSR count). The fourth-order valence-electron chi connectivity index (χ4n) is 1.75. The Kier molecular flexibility index (Phi) is 8.28. The molecule has 0 aliphatic heterocycles. The van der Waals surface area contributed by atoms with Gasteiger partial charge in [0.25, 0.3) is 0 Å². The van der Waals surface area contributed by atoms with E-state index in [1.54, 1.807) is 6.92 Å². The van der Waals surface area contributed by atoms with Gasteiger partial charge in [0, 0.05) is 24.5 Å². The number of nitrogens with one attached hydrogen (secondary N) is 2. The summed E-state index contributed by atoms with van der Waals surface area (Å²) in [6.45, 7) is 3.09. The van der Waals surface area contributed by atoms with E-state index in [2.05, 4.69) is 10.6 Å². The van der Waals surface area contributed by atoms with Gasteiger partial charge in [-0.3, -0.25) is 4.79 Å². The number of carbonyl (C=O) groups excluding carboxylic acids is 2. The fraction of sp³-hybridized carbons (Fsp3) is 0.467. The molecule has 0 heterocycles. The summed E-state index contributed by atoms with van der Waals surface area (Å²) in [5.74, 6) is -0.0253. The van der Waals surface area contributed by atoms with Crippen molar-refractivity contribution in [3.63, 3.8) is 0 Å². The first-order valence-electron chi connectivity index (χ1n) is 7.03. The van der Waals surface area contributed by atoms with Gasteiger partial charge in [0.1, 0.15) is 0 Å². The van der Waals surface area contributed by atoms with E-state index in [1.807, 2.05) is 24.3 Å². The Morgan fingerprint density at radius 1 is 1.24 bits per heavy atom. The monoisotopic (exact) mass is 312 g/mol. The van der Waals surface area contributed by atoms with Crippen molar-refractivity contribution in [3.05, 3.63) is 34.9 Å². The number of hydrogen-bond acceptors (Lipinski definition) is 3. The van der Waals surface area contributed by atoms with E-state index >= 15 is 0 Å². The van der Waals surface area contributed by atoms with Gasteiger partial charge in [-0.05, 0) is 37.5 Å². The third-order valence-electron chi connectivity index (χ3n) is 2.75. The molecule has 0 atom stereocenters. The zero-order valence-electron chi connectivity index (χ0n) is 12.2. The lowest BCUT2D eigenvalue weighted by Crippen LogP contribution is -2.28. The molecule has 2 amide bonds. The van der Waals surface area contributed by atoms with Gasteiger partial charge in [-0.2, -0.15) is 0 Å². The molecule has 0 unspecified atom stereocenters. The first-order chi connectivity index (χ1) is 10.1. The second-order valence-corrected chi connectivity index (χ2v) is 4.92. The first kappa shape index (κ1) is 17.3. The molecule has 2 N–H and O–H groups in total. The molecule has 0 aliphatic carbocycles. The molecule has 1 aromatic carbocycles. The van der Waals surface area contributed by atoms with E-state index < -0.39 is 6.09 Å². The van der Waals surface area contributed by atoms with Crippen molar-refractivity contribution in [3.8, 4) is 0 Å². The van der Waals surface area contributed by atoms with Gasteiger partial charge in [0.05, 0.1) is 6.61 Å². The predicted molar refractivity (Wildman–Crippen MR) is 82.4 cm³/mol. The molecule has 0 radical (unpaired) electrons. The molecule has 0 bridgehead atoms. The molecular weight excluding hydrogens is 292 g/mol. The zero-order valence-corrected chi connectivity index (χ0v) is 12.9. The van der Waals surface area contributed by atoms with E-state index in [9.17, 15) is 9.59 Å². The van der Waals surface area contributed by atoms with Crippen LogP contribution in [0.15, 0.2) is 24.3 Å². The SMILES string of the molecule is CCOC(=O)NCCCC(=O)NCCc1cccc(Cl)c1. The van der Waals surface area contributed by atoms with Crippen LogP contribution in [0.5, 0.6) is 0 Å². The number of carbonyl (C=O) groups is 2. The summed E-state index contributed by atoms with van der Waals surface area (Å²) in [6.07, 6.45) is 1.26. The van der Waals surface area contributed by atoms with Crippen molar-refractivity contribution in [2.24, 2.45) is 0 Å². The molecule has 0 saturated heterocycles. The van der Waals surface area contributed by atoms with E-state index in [-0.39, 0.29) is 5.91 Å². The third-order valence-corrected chi connectivity index (χ3v) is 2.99. The van der Waals surface area contributed by atoms with E-state index in [1.165, 1.54) is 0 Å². The second-order valence-electron chi connectivity index (χ2n) is 4.48. The van der Waals surface area contributed by atoms with Gasteiger partial charge in [-0.15, -0.1) is 0 Å². The Morgan fingerprint density at radius 3 is 2.76 bits per heavy atom. The van der Waals surface area contributed by atoms with E-state index in [4.69, 9.17) is 16.3 Å². The highest BCUT2D eigenvalue weighted by Gasteiger charge is 2.03. The van der Waals surface area contributed by atoms with Crippen LogP contribution in [0.3, 0.4) is 0 Å². The summed E-state index contributed by atoms with van der Waals surface area (Å²) in [5, 5.41) is 6.11. The summed E-state index contributed by atoms with van der Waals surface area (Å²) in [5.41, 5.74) is 1.09. The molecule has 0 aromatic heterocycles. The lowest BCUT2D eigenvalue weighted by molar-refractivity contribution is -0.121. The van der Waals surface area contributed by atoms with Crippen LogP contribution in [0.1, 0.15) is 25.3 Å². The van der Waals surface area contributed by atoms with Gasteiger partial charge in [0.15, 0.2) is 0 Å². The summed E-state index contributed by atoms with van der Waals surface area (Å²) in [7, 11) is 0. The van der Waals surface area contributed by atoms with Crippen molar-refractivity contribution >= 4 is 23.6 Å². The largest absolute Gasteiger partial charge is 0.450 e. The van der Waals surface area contributed by atoms with Crippen LogP contribution in [-0.2, 0) is 16.0 Å². The van der Waals surface area contributed by atoms with Crippen LogP contribution < -0.4 is 10.6 Å². The van der Waals surface area contributed by atoms with Crippen LogP contribution in [0.4, 0.5) is 4.79 Å². The second kappa shape index (κ2) is 10.0. The maximum Gasteiger partial charge on any atom is 0.407 e. The summed E-state index contributed by atoms with van der Waals surface area (Å²) < 4.78 is 4.71. The highest BCUT2D eigenvalue weighted by Crippen LogP contribution is 2.10. The highest BCUT2D eigenvalue weighted by atomic mass is 35.5. The van der Waals surface area contributed by atoms with Gasteiger partial charge in [0.2, 0.25) is 5.91 Å². The van der Waals surface area contributed by atoms with Crippen LogP contribution in [0.2, 0.25) is 5.02 Å². The maximum absolute atomic E-state index is 11.6. The van der Waals surface area contributed by atoms with Crippen LogP contribution >= 0.6 is 11.6 Å². The average molecular weight is 313 g/mol. The predicted octanol–water partition coefficient (Wildman–Crippen LogP) is 2.53. The molecule has 0 saturated carbocycles. The van der Waals surface area contributed by atoms with E-state index in [0.29, 0.717) is 37.6 Å². The van der Waals surface area contributed by atoms with Gasteiger partial charge < -0.3 is 15.4 Å². The third kappa shape index (κ3) is 8.19. The Bertz CT molecular complexity index is 466. The topological polar surface area (TPSA) is 67.4 Å². The Balaban J connectivity index is 2.07. The van der Waals surface area contributed by atoms with Crippen LogP contribution in [0.25, 0.3) is 0 Å². The summed E-state index contributed by atoms with van der Waals surface area (Å²) >= 11 is 5.89. The highest BCUT2D eigenvalue weighted by molar-refractivity contribution is 6.30. The molecule has 5 nitrogen and oxygen atoms in total. The molecule has 0 aliphatic rings. The lowest BCUT2D eigenvalue weighted by Gasteiger charge is -2.07. The molecular formula is C15H21ClN2O3. The van der Waals surface area contributed by atoms with Crippen molar-refractivity contribution in [1.82, 2.24) is 10.6 Å². The van der Waals surface area contributed by atoms with Crippen molar-refractivity contribution in [2.75, 3.05) is 19.7 Å². The number of alkyl carbamates (subject to hydrolysis) is 1. The minimum Gasteiger partial charge on any atom is -0.450 e. The quantitative estimate of drug-likeness (QED) is 0.725. The van der Waals surface area contributed by atoms with E-state index in [0.717, 1.165) is 12.0 Å². The number of hydrogen-bond donors (Lipinski definition) is 2. The minimum absolute atomic E-state index is 0.0253.